The van der Waals surface area contributed by atoms with E-state index >= 15 is 0 Å². The maximum absolute atomic E-state index is 12.6. The maximum Gasteiger partial charge on any atom is 0.446 e. The zero-order valence-electron chi connectivity index (χ0n) is 21.0. The minimum absolute atomic E-state index is 0.118. The molecule has 11 heteroatoms. The van der Waals surface area contributed by atoms with Crippen LogP contribution >= 0.6 is 11.8 Å². The van der Waals surface area contributed by atoms with E-state index in [2.05, 4.69) is 25.3 Å². The lowest BCUT2D eigenvalue weighted by atomic mass is 10.2. The summed E-state index contributed by atoms with van der Waals surface area (Å²) in [5, 5.41) is 3.16. The van der Waals surface area contributed by atoms with Crippen molar-refractivity contribution in [3.63, 3.8) is 0 Å². The number of aryl methyl sites for hydroxylation is 1. The Bertz CT molecular complexity index is 1780. The number of hydrogen-bond acceptors (Lipinski definition) is 6. The number of benzene rings is 3. The van der Waals surface area contributed by atoms with Gasteiger partial charge in [0.25, 0.3) is 0 Å². The van der Waals surface area contributed by atoms with Crippen LogP contribution in [0, 0.1) is 0 Å². The number of nitrogens with one attached hydrogen (secondary N) is 2. The lowest BCUT2D eigenvalue weighted by molar-refractivity contribution is -0.0328. The molecule has 7 nitrogen and oxygen atoms in total. The third kappa shape index (κ3) is 5.64. The fourth-order valence-corrected chi connectivity index (χ4v) is 4.72. The first-order valence-electron chi connectivity index (χ1n) is 12.1. The molecule has 0 atom stereocenters. The lowest BCUT2D eigenvalue weighted by Gasteiger charge is -2.08. The van der Waals surface area contributed by atoms with Crippen molar-refractivity contribution in [3.05, 3.63) is 97.3 Å². The van der Waals surface area contributed by atoms with Gasteiger partial charge < -0.3 is 19.6 Å². The molecule has 3 heterocycles. The molecule has 0 radical (unpaired) electrons. The number of rotatable bonds is 7. The highest BCUT2D eigenvalue weighted by Crippen LogP contribution is 2.37. The van der Waals surface area contributed by atoms with Crippen molar-refractivity contribution in [2.45, 2.75) is 10.4 Å². The summed E-state index contributed by atoms with van der Waals surface area (Å²) in [5.74, 6) is 2.35. The van der Waals surface area contributed by atoms with Gasteiger partial charge in [-0.2, -0.15) is 13.2 Å². The molecular weight excluding hydrogens is 537 g/mol. The largest absolute Gasteiger partial charge is 0.457 e. The maximum atomic E-state index is 12.6. The van der Waals surface area contributed by atoms with Crippen LogP contribution in [-0.4, -0.2) is 30.0 Å². The number of fused-ring (bicyclic) bond motifs is 1. The van der Waals surface area contributed by atoms with Gasteiger partial charge in [-0.05, 0) is 59.8 Å². The number of imidazole rings is 2. The molecular formula is C29H21F3N6OS. The number of hydrogen-bond donors (Lipinski definition) is 2. The number of pyridine rings is 1. The molecule has 3 aromatic heterocycles. The van der Waals surface area contributed by atoms with Crippen molar-refractivity contribution in [1.29, 1.82) is 0 Å². The van der Waals surface area contributed by atoms with E-state index in [1.54, 1.807) is 30.6 Å². The van der Waals surface area contributed by atoms with Crippen molar-refractivity contribution < 1.29 is 17.9 Å². The normalized spacial score (nSPS) is 11.6. The Morgan fingerprint density at radius 3 is 2.45 bits per heavy atom. The summed E-state index contributed by atoms with van der Waals surface area (Å²) in [6.45, 7) is 0. The third-order valence-corrected chi connectivity index (χ3v) is 6.81. The number of aromatic amines is 1. The van der Waals surface area contributed by atoms with E-state index in [-0.39, 0.29) is 16.7 Å². The number of ether oxygens (including phenoxy) is 1. The molecule has 2 N–H and O–H groups in total. The highest BCUT2D eigenvalue weighted by molar-refractivity contribution is 8.00. The number of H-pyrrole nitrogens is 1. The number of anilines is 2. The third-order valence-electron chi connectivity index (χ3n) is 6.07. The predicted molar refractivity (Wildman–Crippen MR) is 150 cm³/mol. The van der Waals surface area contributed by atoms with Crippen molar-refractivity contribution in [2.24, 2.45) is 7.05 Å². The molecule has 0 aliphatic heterocycles. The van der Waals surface area contributed by atoms with E-state index in [0.29, 0.717) is 40.2 Å². The summed E-state index contributed by atoms with van der Waals surface area (Å²) in [6.07, 6.45) is 3.44. The van der Waals surface area contributed by atoms with E-state index in [1.807, 2.05) is 66.2 Å². The summed E-state index contributed by atoms with van der Waals surface area (Å²) >= 11 is -0.147. The van der Waals surface area contributed by atoms with Crippen LogP contribution in [0.3, 0.4) is 0 Å². The number of thioether (sulfide) groups is 1. The summed E-state index contributed by atoms with van der Waals surface area (Å²) < 4.78 is 45.8. The van der Waals surface area contributed by atoms with Crippen LogP contribution in [0.15, 0.2) is 102 Å². The van der Waals surface area contributed by atoms with Crippen LogP contribution in [0.2, 0.25) is 0 Å². The average molecular weight is 559 g/mol. The van der Waals surface area contributed by atoms with Gasteiger partial charge in [0, 0.05) is 36.0 Å². The molecule has 0 saturated heterocycles. The Labute approximate surface area is 231 Å². The Hall–Kier alpha value is -4.77. The van der Waals surface area contributed by atoms with E-state index < -0.39 is 5.51 Å². The number of alkyl halides is 3. The molecule has 0 fully saturated rings. The number of aromatic nitrogens is 5. The van der Waals surface area contributed by atoms with Crippen molar-refractivity contribution >= 4 is 34.4 Å². The fourth-order valence-electron chi connectivity index (χ4n) is 4.18. The van der Waals surface area contributed by atoms with Crippen LogP contribution in [0.5, 0.6) is 11.5 Å². The Kier molecular flexibility index (Phi) is 6.64. The summed E-state index contributed by atoms with van der Waals surface area (Å²) in [6, 6.07) is 25.1. The van der Waals surface area contributed by atoms with Crippen molar-refractivity contribution in [1.82, 2.24) is 24.5 Å². The van der Waals surface area contributed by atoms with Gasteiger partial charge in [0.15, 0.2) is 5.82 Å². The second-order valence-electron chi connectivity index (χ2n) is 8.83. The van der Waals surface area contributed by atoms with E-state index in [9.17, 15) is 13.2 Å². The Balaban J connectivity index is 1.19. The second kappa shape index (κ2) is 10.4. The summed E-state index contributed by atoms with van der Waals surface area (Å²) in [7, 11) is 1.86. The lowest BCUT2D eigenvalue weighted by Crippen LogP contribution is -2.00. The predicted octanol–water partition coefficient (Wildman–Crippen LogP) is 8.17. The summed E-state index contributed by atoms with van der Waals surface area (Å²) in [5.41, 5.74) is 0.421. The monoisotopic (exact) mass is 558 g/mol. The van der Waals surface area contributed by atoms with Gasteiger partial charge in [-0.15, -0.1) is 0 Å². The molecule has 0 saturated carbocycles. The summed E-state index contributed by atoms with van der Waals surface area (Å²) in [4.78, 5) is 17.0. The number of nitrogens with zero attached hydrogens (tertiary/aromatic N) is 4. The van der Waals surface area contributed by atoms with Gasteiger partial charge in [-0.25, -0.2) is 9.97 Å². The van der Waals surface area contributed by atoms with Gasteiger partial charge in [-0.3, -0.25) is 4.98 Å². The molecule has 0 aliphatic carbocycles. The second-order valence-corrected chi connectivity index (χ2v) is 9.97. The molecule has 0 spiro atoms. The highest BCUT2D eigenvalue weighted by Gasteiger charge is 2.29. The molecule has 0 bridgehead atoms. The fraction of sp³-hybridized carbons (Fsp3) is 0.0690. The van der Waals surface area contributed by atoms with E-state index in [1.165, 1.54) is 12.1 Å². The molecule has 0 amide bonds. The minimum Gasteiger partial charge on any atom is -0.457 e. The minimum atomic E-state index is -4.32. The van der Waals surface area contributed by atoms with Gasteiger partial charge in [0.05, 0.1) is 22.9 Å². The van der Waals surface area contributed by atoms with E-state index in [4.69, 9.17) is 4.74 Å². The van der Waals surface area contributed by atoms with Crippen LogP contribution in [-0.2, 0) is 7.05 Å². The van der Waals surface area contributed by atoms with Crippen LogP contribution < -0.4 is 10.1 Å². The molecule has 40 heavy (non-hydrogen) atoms. The first-order valence-corrected chi connectivity index (χ1v) is 13.0. The van der Waals surface area contributed by atoms with E-state index in [0.717, 1.165) is 16.8 Å². The molecule has 0 aliphatic rings. The Morgan fingerprint density at radius 2 is 1.68 bits per heavy atom. The first-order chi connectivity index (χ1) is 19.3. The molecule has 6 aromatic rings. The van der Waals surface area contributed by atoms with Crippen molar-refractivity contribution in [3.8, 4) is 34.3 Å². The van der Waals surface area contributed by atoms with Crippen LogP contribution in [0.1, 0.15) is 0 Å². The molecule has 6 rings (SSSR count). The molecule has 200 valence electrons. The smallest absolute Gasteiger partial charge is 0.446 e. The quantitative estimate of drug-likeness (QED) is 0.192. The van der Waals surface area contributed by atoms with Crippen molar-refractivity contribution in [2.75, 3.05) is 5.32 Å². The van der Waals surface area contributed by atoms with Gasteiger partial charge in [0.1, 0.15) is 17.2 Å². The first kappa shape index (κ1) is 25.5. The SMILES string of the molecule is Cn1c(Nc2ccc(SC(F)(F)F)cc2)nc2cc(Oc3ccnc(-c4ncc(-c5ccccc5)[nH]4)c3)ccc21. The Morgan fingerprint density at radius 1 is 0.900 bits per heavy atom. The highest BCUT2D eigenvalue weighted by atomic mass is 32.2. The zero-order valence-corrected chi connectivity index (χ0v) is 21.8. The molecule has 0 unspecified atom stereocenters. The average Bonchev–Trinajstić information content (AvgIpc) is 3.55. The van der Waals surface area contributed by atoms with Crippen LogP contribution in [0.25, 0.3) is 33.8 Å². The number of halogens is 3. The van der Waals surface area contributed by atoms with Gasteiger partial charge in [0.2, 0.25) is 5.95 Å². The van der Waals surface area contributed by atoms with Crippen LogP contribution in [0.4, 0.5) is 24.8 Å². The van der Waals surface area contributed by atoms with Gasteiger partial charge in [-0.1, -0.05) is 30.3 Å². The zero-order chi connectivity index (χ0) is 27.7. The molecule has 3 aromatic carbocycles. The topological polar surface area (TPSA) is 80.7 Å². The van der Waals surface area contributed by atoms with Gasteiger partial charge >= 0.3 is 5.51 Å². The standard InChI is InChI=1S/C29H21F3N6OS/c1-38-26-12-9-20(15-23(26)37-28(38)35-19-7-10-22(11-8-19)40-29(30,31)32)39-21-13-14-33-24(16-21)27-34-17-25(36-27)18-5-3-2-4-6-18/h2-17H,1H3,(H,34,36)(H,35,37).